The highest BCUT2D eigenvalue weighted by molar-refractivity contribution is 6.37. The largest absolute Gasteiger partial charge is 0.495 e. The van der Waals surface area contributed by atoms with Gasteiger partial charge >= 0.3 is 6.18 Å². The molecule has 31 heavy (non-hydrogen) atoms. The predicted octanol–water partition coefficient (Wildman–Crippen LogP) is 3.29. The molecule has 3 aliphatic rings. The highest BCUT2D eigenvalue weighted by Crippen LogP contribution is 2.48. The number of allylic oxidation sites excluding steroid dienone is 1. The van der Waals surface area contributed by atoms with Crippen LogP contribution in [0.3, 0.4) is 0 Å². The van der Waals surface area contributed by atoms with Crippen LogP contribution in [0.5, 0.6) is 0 Å². The van der Waals surface area contributed by atoms with Crippen LogP contribution < -0.4 is 5.84 Å². The fourth-order valence-electron chi connectivity index (χ4n) is 5.02. The van der Waals surface area contributed by atoms with Crippen molar-refractivity contribution in [3.05, 3.63) is 59.5 Å². The molecule has 1 saturated carbocycles. The Morgan fingerprint density at radius 2 is 1.87 bits per heavy atom. The van der Waals surface area contributed by atoms with Crippen LogP contribution in [-0.4, -0.2) is 48.3 Å². The Morgan fingerprint density at radius 1 is 1.19 bits per heavy atom. The normalized spacial score (nSPS) is 26.1. The first-order valence-corrected chi connectivity index (χ1v) is 10.2. The second-order valence-electron chi connectivity index (χ2n) is 8.23. The number of likely N-dealkylation sites (tertiary alicyclic amines) is 1. The molecule has 9 heteroatoms. The summed E-state index contributed by atoms with van der Waals surface area (Å²) in [5.74, 6) is 6.16. The van der Waals surface area contributed by atoms with Gasteiger partial charge in [0.05, 0.1) is 12.7 Å². The van der Waals surface area contributed by atoms with Crippen molar-refractivity contribution in [2.45, 2.75) is 24.9 Å². The van der Waals surface area contributed by atoms with Crippen LogP contribution in [0.15, 0.2) is 53.5 Å². The average Bonchev–Trinajstić information content (AvgIpc) is 3.33. The zero-order chi connectivity index (χ0) is 22.2. The van der Waals surface area contributed by atoms with Gasteiger partial charge < -0.3 is 20.4 Å². The fourth-order valence-corrected chi connectivity index (χ4v) is 5.02. The molecule has 6 nitrogen and oxygen atoms in total. The molecule has 1 saturated heterocycles. The quantitative estimate of drug-likeness (QED) is 0.336. The van der Waals surface area contributed by atoms with E-state index in [4.69, 9.17) is 10.6 Å². The van der Waals surface area contributed by atoms with Gasteiger partial charge in [-0.15, -0.1) is 0 Å². The molecule has 1 aromatic rings. The van der Waals surface area contributed by atoms with Crippen molar-refractivity contribution in [3.63, 3.8) is 0 Å². The maximum absolute atomic E-state index is 13.4. The lowest BCUT2D eigenvalue weighted by atomic mass is 9.91. The summed E-state index contributed by atoms with van der Waals surface area (Å²) in [5.41, 5.74) is -0.187. The Labute approximate surface area is 178 Å². The number of amides is 1. The number of ether oxygens (including phenoxy) is 1. The lowest BCUT2D eigenvalue weighted by molar-refractivity contribution is -0.138. The van der Waals surface area contributed by atoms with E-state index in [9.17, 15) is 18.0 Å². The van der Waals surface area contributed by atoms with Crippen LogP contribution in [0.2, 0.25) is 0 Å². The maximum Gasteiger partial charge on any atom is 0.416 e. The first-order chi connectivity index (χ1) is 14.8. The third-order valence-electron chi connectivity index (χ3n) is 6.43. The molecular formula is C22H25F3N4O2. The van der Waals surface area contributed by atoms with Crippen molar-refractivity contribution in [2.24, 2.45) is 22.8 Å². The molecule has 2 N–H and O–H groups in total. The van der Waals surface area contributed by atoms with Gasteiger partial charge in [0.25, 0.3) is 5.91 Å². The number of alkyl halides is 3. The number of benzene rings is 1. The van der Waals surface area contributed by atoms with Gasteiger partial charge in [-0.05, 0) is 48.3 Å². The zero-order valence-electron chi connectivity index (χ0n) is 17.2. The molecule has 1 amide bonds. The van der Waals surface area contributed by atoms with Gasteiger partial charge in [0.15, 0.2) is 0 Å². The molecule has 0 radical (unpaired) electrons. The number of carbonyl (C=O) groups is 1. The van der Waals surface area contributed by atoms with Gasteiger partial charge in [-0.2, -0.15) is 18.3 Å². The highest BCUT2D eigenvalue weighted by atomic mass is 19.4. The van der Waals surface area contributed by atoms with E-state index in [0.29, 0.717) is 43.8 Å². The van der Waals surface area contributed by atoms with Gasteiger partial charge in [0.1, 0.15) is 5.76 Å². The molecule has 1 unspecified atom stereocenters. The average molecular weight is 434 g/mol. The van der Waals surface area contributed by atoms with Crippen LogP contribution in [0.25, 0.3) is 0 Å². The fraction of sp³-hybridized carbons (Fsp3) is 0.455. The standard InChI is InChI=1S/C22H25F3N4O2/c1-31-17-5-4-8-28(13-17)20(27-26)21(30)29-11-15-9-14(10-16(15)12-29)18-6-2-3-7-19(18)22(23,24)25/h2-7,13-16H,8-12,26H2,1H3/t14?,15-,16+. The van der Waals surface area contributed by atoms with E-state index in [1.165, 1.54) is 13.2 Å². The van der Waals surface area contributed by atoms with Crippen LogP contribution in [0.4, 0.5) is 13.2 Å². The molecule has 3 atom stereocenters. The Kier molecular flexibility index (Phi) is 5.68. The second kappa shape index (κ2) is 8.28. The zero-order valence-corrected chi connectivity index (χ0v) is 17.2. The van der Waals surface area contributed by atoms with Crippen molar-refractivity contribution < 1.29 is 22.7 Å². The van der Waals surface area contributed by atoms with Gasteiger partial charge in [0, 0.05) is 25.8 Å². The monoisotopic (exact) mass is 434 g/mol. The minimum atomic E-state index is -4.36. The third kappa shape index (κ3) is 4.13. The van der Waals surface area contributed by atoms with E-state index in [1.807, 2.05) is 6.08 Å². The van der Waals surface area contributed by atoms with Crippen molar-refractivity contribution >= 4 is 11.7 Å². The van der Waals surface area contributed by atoms with E-state index >= 15 is 0 Å². The molecule has 1 aromatic carbocycles. The Bertz CT molecular complexity index is 927. The Morgan fingerprint density at radius 3 is 2.48 bits per heavy atom. The van der Waals surface area contributed by atoms with Crippen LogP contribution in [-0.2, 0) is 15.7 Å². The minimum absolute atomic E-state index is 0.123. The number of hydrogen-bond acceptors (Lipinski definition) is 4. The summed E-state index contributed by atoms with van der Waals surface area (Å²) in [6, 6.07) is 5.82. The summed E-state index contributed by atoms with van der Waals surface area (Å²) in [7, 11) is 1.54. The number of methoxy groups -OCH3 is 1. The predicted molar refractivity (Wildman–Crippen MR) is 110 cm³/mol. The number of halogens is 3. The summed E-state index contributed by atoms with van der Waals surface area (Å²) < 4.78 is 45.5. The molecule has 0 spiro atoms. The third-order valence-corrected chi connectivity index (χ3v) is 6.43. The van der Waals surface area contributed by atoms with E-state index < -0.39 is 11.7 Å². The highest BCUT2D eigenvalue weighted by Gasteiger charge is 2.45. The van der Waals surface area contributed by atoms with Crippen molar-refractivity contribution in [1.82, 2.24) is 9.80 Å². The molecular weight excluding hydrogens is 409 g/mol. The van der Waals surface area contributed by atoms with E-state index in [-0.39, 0.29) is 29.5 Å². The van der Waals surface area contributed by atoms with Gasteiger partial charge in [-0.1, -0.05) is 24.3 Å². The Balaban J connectivity index is 1.44. The van der Waals surface area contributed by atoms with Crippen LogP contribution in [0.1, 0.15) is 29.9 Å². The molecule has 0 bridgehead atoms. The number of hydrogen-bond donors (Lipinski definition) is 1. The number of hydrazone groups is 1. The van der Waals surface area contributed by atoms with Gasteiger partial charge in [0.2, 0.25) is 5.84 Å². The Hall–Kier alpha value is -2.97. The second-order valence-corrected chi connectivity index (χ2v) is 8.23. The molecule has 1 aliphatic carbocycles. The number of nitrogens with two attached hydrogens (primary N) is 1. The summed E-state index contributed by atoms with van der Waals surface area (Å²) >= 11 is 0. The molecule has 0 aromatic heterocycles. The van der Waals surface area contributed by atoms with E-state index in [1.54, 1.807) is 34.2 Å². The van der Waals surface area contributed by atoms with Crippen molar-refractivity contribution in [2.75, 3.05) is 26.7 Å². The minimum Gasteiger partial charge on any atom is -0.495 e. The maximum atomic E-state index is 13.4. The number of carbonyl (C=O) groups excluding carboxylic acids is 1. The number of fused-ring (bicyclic) bond motifs is 1. The lowest BCUT2D eigenvalue weighted by Gasteiger charge is -2.27. The molecule has 166 valence electrons. The van der Waals surface area contributed by atoms with Crippen LogP contribution >= 0.6 is 0 Å². The van der Waals surface area contributed by atoms with E-state index in [2.05, 4.69) is 5.10 Å². The summed E-state index contributed by atoms with van der Waals surface area (Å²) in [6.45, 7) is 1.45. The smallest absolute Gasteiger partial charge is 0.416 e. The number of nitrogens with zero attached hydrogens (tertiary/aromatic N) is 3. The van der Waals surface area contributed by atoms with Crippen molar-refractivity contribution in [1.29, 1.82) is 0 Å². The lowest BCUT2D eigenvalue weighted by Crippen LogP contribution is -2.44. The summed E-state index contributed by atoms with van der Waals surface area (Å²) in [6.07, 6.45) is 2.23. The first-order valence-electron chi connectivity index (χ1n) is 10.2. The molecule has 4 rings (SSSR count). The molecule has 2 aliphatic heterocycles. The summed E-state index contributed by atoms with van der Waals surface area (Å²) in [5, 5.41) is 3.71. The molecule has 2 fully saturated rings. The number of amidine groups is 1. The SMILES string of the molecule is COC1=CN(C(=NN)C(=O)N2C[C@H]3CC(c4ccccc4C(F)(F)F)C[C@H]3C2)CC=C1. The topological polar surface area (TPSA) is 71.2 Å². The van der Waals surface area contributed by atoms with Gasteiger partial charge in [-0.25, -0.2) is 0 Å². The summed E-state index contributed by atoms with van der Waals surface area (Å²) in [4.78, 5) is 16.4. The first kappa shape index (κ1) is 21.3. The number of rotatable bonds is 2. The molecule has 2 heterocycles. The van der Waals surface area contributed by atoms with E-state index in [0.717, 1.165) is 6.07 Å². The van der Waals surface area contributed by atoms with Gasteiger partial charge in [-0.3, -0.25) is 4.79 Å². The van der Waals surface area contributed by atoms with Crippen LogP contribution in [0, 0.1) is 11.8 Å². The van der Waals surface area contributed by atoms with Crippen molar-refractivity contribution in [3.8, 4) is 0 Å².